The summed E-state index contributed by atoms with van der Waals surface area (Å²) in [7, 11) is 1.55. The van der Waals surface area contributed by atoms with Gasteiger partial charge in [-0.15, -0.1) is 0 Å². The lowest BCUT2D eigenvalue weighted by molar-refractivity contribution is -0.131. The molecule has 1 unspecified atom stereocenters. The van der Waals surface area contributed by atoms with Gasteiger partial charge < -0.3 is 15.0 Å². The Balaban J connectivity index is 1.80. The van der Waals surface area contributed by atoms with E-state index in [0.29, 0.717) is 42.6 Å². The highest BCUT2D eigenvalue weighted by atomic mass is 35.5. The van der Waals surface area contributed by atoms with Crippen LogP contribution in [0.25, 0.3) is 0 Å². The van der Waals surface area contributed by atoms with Gasteiger partial charge in [0.15, 0.2) is 0 Å². The maximum Gasteiger partial charge on any atom is 0.246 e. The Labute approximate surface area is 170 Å². The molecule has 0 spiro atoms. The average molecular weight is 402 g/mol. The Morgan fingerprint density at radius 2 is 1.75 bits per heavy atom. The number of piperazine rings is 1. The zero-order valence-corrected chi connectivity index (χ0v) is 16.8. The van der Waals surface area contributed by atoms with Gasteiger partial charge in [-0.1, -0.05) is 41.9 Å². The first kappa shape index (κ1) is 20.2. The highest BCUT2D eigenvalue weighted by Crippen LogP contribution is 2.29. The molecular weight excluding hydrogens is 378 g/mol. The van der Waals surface area contributed by atoms with Crippen molar-refractivity contribution in [3.63, 3.8) is 0 Å². The standard InChI is InChI=1S/C21H24ClN3O3/c1-15(26)24-10-12-25(13-11-24)20(16-6-4-3-5-7-16)21(27)23-17-8-9-19(28-2)18(22)14-17/h3-9,14,20H,10-13H2,1-2H3,(H,23,27). The Kier molecular flexibility index (Phi) is 6.54. The highest BCUT2D eigenvalue weighted by Gasteiger charge is 2.31. The van der Waals surface area contributed by atoms with Gasteiger partial charge in [0.1, 0.15) is 11.8 Å². The second-order valence-corrected chi connectivity index (χ2v) is 7.10. The maximum absolute atomic E-state index is 13.2. The molecule has 1 N–H and O–H groups in total. The molecule has 2 amide bonds. The molecule has 148 valence electrons. The number of anilines is 1. The number of rotatable bonds is 5. The van der Waals surface area contributed by atoms with E-state index in [2.05, 4.69) is 10.2 Å². The molecule has 1 heterocycles. The van der Waals surface area contributed by atoms with Crippen LogP contribution in [0.4, 0.5) is 5.69 Å². The summed E-state index contributed by atoms with van der Waals surface area (Å²) in [6.45, 7) is 4.07. The van der Waals surface area contributed by atoms with E-state index >= 15 is 0 Å². The van der Waals surface area contributed by atoms with Crippen LogP contribution in [0, 0.1) is 0 Å². The monoisotopic (exact) mass is 401 g/mol. The molecule has 0 aromatic heterocycles. The summed E-state index contributed by atoms with van der Waals surface area (Å²) in [5.41, 5.74) is 1.52. The summed E-state index contributed by atoms with van der Waals surface area (Å²) in [5, 5.41) is 3.40. The normalized spacial score (nSPS) is 15.8. The van der Waals surface area contributed by atoms with Gasteiger partial charge in [-0.3, -0.25) is 14.5 Å². The van der Waals surface area contributed by atoms with Crippen molar-refractivity contribution in [1.29, 1.82) is 0 Å². The first-order valence-corrected chi connectivity index (χ1v) is 9.56. The lowest BCUT2D eigenvalue weighted by Gasteiger charge is -2.38. The van der Waals surface area contributed by atoms with E-state index in [0.717, 1.165) is 5.56 Å². The maximum atomic E-state index is 13.2. The number of amides is 2. The summed E-state index contributed by atoms with van der Waals surface area (Å²) in [6, 6.07) is 14.4. The van der Waals surface area contributed by atoms with Crippen LogP contribution in [-0.2, 0) is 9.59 Å². The second kappa shape index (κ2) is 9.08. The third-order valence-electron chi connectivity index (χ3n) is 4.91. The van der Waals surface area contributed by atoms with Crippen LogP contribution in [0.15, 0.2) is 48.5 Å². The molecule has 0 bridgehead atoms. The lowest BCUT2D eigenvalue weighted by atomic mass is 10.0. The molecule has 0 saturated carbocycles. The topological polar surface area (TPSA) is 61.9 Å². The van der Waals surface area contributed by atoms with Crippen molar-refractivity contribution in [2.45, 2.75) is 13.0 Å². The van der Waals surface area contributed by atoms with Crippen molar-refractivity contribution in [3.8, 4) is 5.75 Å². The van der Waals surface area contributed by atoms with Crippen LogP contribution < -0.4 is 10.1 Å². The van der Waals surface area contributed by atoms with Gasteiger partial charge in [-0.25, -0.2) is 0 Å². The molecule has 2 aromatic rings. The molecule has 3 rings (SSSR count). The van der Waals surface area contributed by atoms with Crippen molar-refractivity contribution in [2.24, 2.45) is 0 Å². The summed E-state index contributed by atoms with van der Waals surface area (Å²) in [4.78, 5) is 28.7. The number of methoxy groups -OCH3 is 1. The number of carbonyl (C=O) groups excluding carboxylic acids is 2. The smallest absolute Gasteiger partial charge is 0.246 e. The molecule has 1 saturated heterocycles. The van der Waals surface area contributed by atoms with Gasteiger partial charge in [0.2, 0.25) is 11.8 Å². The predicted molar refractivity (Wildman–Crippen MR) is 110 cm³/mol. The lowest BCUT2D eigenvalue weighted by Crippen LogP contribution is -2.51. The Hall–Kier alpha value is -2.57. The van der Waals surface area contributed by atoms with Gasteiger partial charge in [-0.05, 0) is 23.8 Å². The van der Waals surface area contributed by atoms with Gasteiger partial charge >= 0.3 is 0 Å². The number of halogens is 1. The number of nitrogens with one attached hydrogen (secondary N) is 1. The third kappa shape index (κ3) is 4.64. The van der Waals surface area contributed by atoms with Crippen LogP contribution in [0.5, 0.6) is 5.75 Å². The van der Waals surface area contributed by atoms with E-state index in [9.17, 15) is 9.59 Å². The second-order valence-electron chi connectivity index (χ2n) is 6.69. The number of hydrogen-bond acceptors (Lipinski definition) is 4. The van der Waals surface area contributed by atoms with Gasteiger partial charge in [0.25, 0.3) is 0 Å². The minimum Gasteiger partial charge on any atom is -0.495 e. The molecule has 1 aliphatic heterocycles. The summed E-state index contributed by atoms with van der Waals surface area (Å²) < 4.78 is 5.16. The van der Waals surface area contributed by atoms with Crippen molar-refractivity contribution in [2.75, 3.05) is 38.6 Å². The molecule has 1 fully saturated rings. The van der Waals surface area contributed by atoms with E-state index in [-0.39, 0.29) is 11.8 Å². The minimum atomic E-state index is -0.448. The van der Waals surface area contributed by atoms with Crippen molar-refractivity contribution in [3.05, 3.63) is 59.1 Å². The molecule has 2 aromatic carbocycles. The number of nitrogens with zero attached hydrogens (tertiary/aromatic N) is 2. The van der Waals surface area contributed by atoms with Crippen molar-refractivity contribution >= 4 is 29.1 Å². The van der Waals surface area contributed by atoms with Gasteiger partial charge in [-0.2, -0.15) is 0 Å². The molecule has 0 aliphatic carbocycles. The molecule has 7 heteroatoms. The zero-order chi connectivity index (χ0) is 20.1. The van der Waals surface area contributed by atoms with Crippen LogP contribution in [0.2, 0.25) is 5.02 Å². The Bertz CT molecular complexity index is 836. The third-order valence-corrected chi connectivity index (χ3v) is 5.20. The van der Waals surface area contributed by atoms with Gasteiger partial charge in [0, 0.05) is 38.8 Å². The first-order valence-electron chi connectivity index (χ1n) is 9.18. The largest absolute Gasteiger partial charge is 0.495 e. The quantitative estimate of drug-likeness (QED) is 0.835. The fraction of sp³-hybridized carbons (Fsp3) is 0.333. The fourth-order valence-electron chi connectivity index (χ4n) is 3.41. The zero-order valence-electron chi connectivity index (χ0n) is 16.0. The number of ether oxygens (including phenoxy) is 1. The van der Waals surface area contributed by atoms with Gasteiger partial charge in [0.05, 0.1) is 12.1 Å². The molecule has 6 nitrogen and oxygen atoms in total. The Morgan fingerprint density at radius 3 is 2.32 bits per heavy atom. The first-order chi connectivity index (χ1) is 13.5. The molecule has 28 heavy (non-hydrogen) atoms. The molecule has 0 radical (unpaired) electrons. The Morgan fingerprint density at radius 1 is 1.07 bits per heavy atom. The highest BCUT2D eigenvalue weighted by molar-refractivity contribution is 6.32. The summed E-state index contributed by atoms with van der Waals surface area (Å²) in [5.74, 6) is 0.483. The van der Waals surface area contributed by atoms with E-state index in [1.165, 1.54) is 0 Å². The van der Waals surface area contributed by atoms with E-state index < -0.39 is 6.04 Å². The average Bonchev–Trinajstić information content (AvgIpc) is 2.69. The van der Waals surface area contributed by atoms with Crippen molar-refractivity contribution < 1.29 is 14.3 Å². The molecule has 1 atom stereocenters. The van der Waals surface area contributed by atoms with E-state index in [4.69, 9.17) is 16.3 Å². The number of carbonyl (C=O) groups is 2. The van der Waals surface area contributed by atoms with E-state index in [1.54, 1.807) is 37.1 Å². The van der Waals surface area contributed by atoms with Crippen LogP contribution in [-0.4, -0.2) is 54.9 Å². The van der Waals surface area contributed by atoms with E-state index in [1.807, 2.05) is 30.3 Å². The fourth-order valence-corrected chi connectivity index (χ4v) is 3.67. The summed E-state index contributed by atoms with van der Waals surface area (Å²) >= 11 is 6.18. The predicted octanol–water partition coefficient (Wildman–Crippen LogP) is 3.19. The molecular formula is C21H24ClN3O3. The summed E-state index contributed by atoms with van der Waals surface area (Å²) in [6.07, 6.45) is 0. The van der Waals surface area contributed by atoms with Crippen LogP contribution in [0.1, 0.15) is 18.5 Å². The number of hydrogen-bond donors (Lipinski definition) is 1. The SMILES string of the molecule is COc1ccc(NC(=O)C(c2ccccc2)N2CCN(C(C)=O)CC2)cc1Cl. The van der Waals surface area contributed by atoms with Crippen LogP contribution in [0.3, 0.4) is 0 Å². The van der Waals surface area contributed by atoms with Crippen LogP contribution >= 0.6 is 11.6 Å². The van der Waals surface area contributed by atoms with Crippen molar-refractivity contribution in [1.82, 2.24) is 9.80 Å². The number of benzene rings is 2. The molecule has 1 aliphatic rings. The minimum absolute atomic E-state index is 0.0632.